The van der Waals surface area contributed by atoms with Crippen LogP contribution < -0.4 is 0 Å². The summed E-state index contributed by atoms with van der Waals surface area (Å²) in [6, 6.07) is 0. The van der Waals surface area contributed by atoms with Crippen LogP contribution in [0, 0.1) is 16.6 Å². The Morgan fingerprint density at radius 2 is 2.31 bits per heavy atom. The first-order chi connectivity index (χ1) is 6.16. The van der Waals surface area contributed by atoms with Gasteiger partial charge in [0.15, 0.2) is 0 Å². The van der Waals surface area contributed by atoms with Gasteiger partial charge < -0.3 is 0 Å². The van der Waals surface area contributed by atoms with Crippen LogP contribution in [0.25, 0.3) is 0 Å². The van der Waals surface area contributed by atoms with E-state index in [0.717, 1.165) is 17.7 Å². The molecule has 1 aliphatic rings. The lowest BCUT2D eigenvalue weighted by atomic mass is 10.1. The second kappa shape index (κ2) is 3.25. The summed E-state index contributed by atoms with van der Waals surface area (Å²) in [4.78, 5) is 4.23. The zero-order valence-corrected chi connectivity index (χ0v) is 8.82. The highest BCUT2D eigenvalue weighted by Crippen LogP contribution is 2.49. The maximum Gasteiger partial charge on any atom is 0.213 e. The first-order valence-electron chi connectivity index (χ1n) is 4.81. The van der Waals surface area contributed by atoms with E-state index in [1.54, 1.807) is 0 Å². The molecule has 2 N–H and O–H groups in total. The predicted molar refractivity (Wildman–Crippen MR) is 54.1 cm³/mol. The maximum atomic E-state index is 4.91. The summed E-state index contributed by atoms with van der Waals surface area (Å²) in [6.45, 7) is 4.53. The second-order valence-electron chi connectivity index (χ2n) is 4.28. The van der Waals surface area contributed by atoms with Crippen molar-refractivity contribution in [2.24, 2.45) is 11.8 Å². The van der Waals surface area contributed by atoms with E-state index >= 15 is 0 Å². The minimum atomic E-state index is 0.574. The van der Waals surface area contributed by atoms with Crippen LogP contribution in [-0.2, 0) is 0 Å². The fraction of sp³-hybridized carbons (Fsp3) is 0.778. The third-order valence-electron chi connectivity index (χ3n) is 2.57. The van der Waals surface area contributed by atoms with E-state index in [1.807, 2.05) is 0 Å². The van der Waals surface area contributed by atoms with E-state index in [-0.39, 0.29) is 0 Å². The van der Waals surface area contributed by atoms with Crippen LogP contribution in [0.2, 0.25) is 0 Å². The number of aromatic amines is 2. The Hall–Kier alpha value is -0.640. The van der Waals surface area contributed by atoms with E-state index in [4.69, 9.17) is 12.2 Å². The number of H-pyrrole nitrogens is 2. The van der Waals surface area contributed by atoms with Crippen molar-refractivity contribution in [2.45, 2.75) is 32.6 Å². The number of hydrogen-bond acceptors (Lipinski definition) is 2. The van der Waals surface area contributed by atoms with Crippen molar-refractivity contribution in [3.05, 3.63) is 10.6 Å². The number of aromatic nitrogens is 3. The summed E-state index contributed by atoms with van der Waals surface area (Å²) < 4.78 is 0.574. The minimum Gasteiger partial charge on any atom is -0.285 e. The van der Waals surface area contributed by atoms with E-state index in [1.165, 1.54) is 12.8 Å². The van der Waals surface area contributed by atoms with Gasteiger partial charge in [0.25, 0.3) is 0 Å². The van der Waals surface area contributed by atoms with Crippen molar-refractivity contribution in [3.63, 3.8) is 0 Å². The Balaban J connectivity index is 1.96. The van der Waals surface area contributed by atoms with Gasteiger partial charge >= 0.3 is 0 Å². The van der Waals surface area contributed by atoms with Crippen molar-refractivity contribution in [3.8, 4) is 0 Å². The summed E-state index contributed by atoms with van der Waals surface area (Å²) >= 11 is 4.91. The predicted octanol–water partition coefficient (Wildman–Crippen LogP) is 2.62. The Morgan fingerprint density at radius 3 is 2.85 bits per heavy atom. The molecule has 2 atom stereocenters. The van der Waals surface area contributed by atoms with Gasteiger partial charge in [-0.15, -0.1) is 0 Å². The summed E-state index contributed by atoms with van der Waals surface area (Å²) in [7, 11) is 0. The number of nitrogens with zero attached hydrogens (tertiary/aromatic N) is 1. The lowest BCUT2D eigenvalue weighted by Gasteiger charge is -2.01. The SMILES string of the molecule is CC(C)C[C@@H]1C[C@H]1c1nc(=S)[nH][nH]1. The molecule has 72 valence electrons. The fourth-order valence-electron chi connectivity index (χ4n) is 1.91. The number of nitrogens with one attached hydrogen (secondary N) is 2. The standard InChI is InChI=1S/C9H15N3S/c1-5(2)3-6-4-7(6)8-10-9(13)12-11-8/h5-7H,3-4H2,1-2H3,(H2,10,11,12,13)/t6-,7-/m1/s1. The molecule has 3 nitrogen and oxygen atoms in total. The molecule has 1 heterocycles. The van der Waals surface area contributed by atoms with Gasteiger partial charge in [-0.1, -0.05) is 13.8 Å². The summed E-state index contributed by atoms with van der Waals surface area (Å²) in [5, 5.41) is 5.87. The molecule has 1 aromatic rings. The Morgan fingerprint density at radius 1 is 1.54 bits per heavy atom. The van der Waals surface area contributed by atoms with Crippen LogP contribution in [0.4, 0.5) is 0 Å². The zero-order valence-electron chi connectivity index (χ0n) is 8.00. The van der Waals surface area contributed by atoms with Crippen molar-refractivity contribution < 1.29 is 0 Å². The topological polar surface area (TPSA) is 44.5 Å². The van der Waals surface area contributed by atoms with Crippen molar-refractivity contribution in [1.29, 1.82) is 0 Å². The van der Waals surface area contributed by atoms with Crippen molar-refractivity contribution >= 4 is 12.2 Å². The van der Waals surface area contributed by atoms with Gasteiger partial charge in [0.05, 0.1) is 0 Å². The molecule has 0 aromatic carbocycles. The monoisotopic (exact) mass is 197 g/mol. The Kier molecular flexibility index (Phi) is 2.24. The molecular formula is C9H15N3S. The highest BCUT2D eigenvalue weighted by Gasteiger charge is 2.40. The van der Waals surface area contributed by atoms with Crippen LogP contribution >= 0.6 is 12.2 Å². The third kappa shape index (κ3) is 1.99. The van der Waals surface area contributed by atoms with Gasteiger partial charge in [0, 0.05) is 5.92 Å². The van der Waals surface area contributed by atoms with Gasteiger partial charge in [-0.2, -0.15) is 0 Å². The molecule has 0 unspecified atom stereocenters. The van der Waals surface area contributed by atoms with Gasteiger partial charge in [-0.05, 0) is 36.9 Å². The van der Waals surface area contributed by atoms with Crippen LogP contribution in [0.15, 0.2) is 0 Å². The van der Waals surface area contributed by atoms with Crippen molar-refractivity contribution in [1.82, 2.24) is 15.2 Å². The van der Waals surface area contributed by atoms with E-state index in [2.05, 4.69) is 29.0 Å². The normalized spacial score (nSPS) is 26.7. The Labute approximate surface area is 83.0 Å². The first-order valence-corrected chi connectivity index (χ1v) is 5.22. The molecule has 0 bridgehead atoms. The maximum absolute atomic E-state index is 4.91. The molecule has 1 saturated carbocycles. The van der Waals surface area contributed by atoms with Crippen LogP contribution in [0.5, 0.6) is 0 Å². The molecule has 2 rings (SSSR count). The molecule has 0 spiro atoms. The quantitative estimate of drug-likeness (QED) is 0.732. The molecular weight excluding hydrogens is 182 g/mol. The summed E-state index contributed by atoms with van der Waals surface area (Å²) in [5.41, 5.74) is 0. The molecule has 1 aliphatic carbocycles. The molecule has 0 radical (unpaired) electrons. The molecule has 1 aromatic heterocycles. The van der Waals surface area contributed by atoms with Crippen LogP contribution in [0.3, 0.4) is 0 Å². The molecule has 0 saturated heterocycles. The largest absolute Gasteiger partial charge is 0.285 e. The van der Waals surface area contributed by atoms with Gasteiger partial charge in [-0.3, -0.25) is 10.2 Å². The van der Waals surface area contributed by atoms with Crippen LogP contribution in [0.1, 0.15) is 38.4 Å². The van der Waals surface area contributed by atoms with Gasteiger partial charge in [0.2, 0.25) is 4.77 Å². The van der Waals surface area contributed by atoms with E-state index in [0.29, 0.717) is 10.7 Å². The molecule has 4 heteroatoms. The van der Waals surface area contributed by atoms with E-state index in [9.17, 15) is 0 Å². The summed E-state index contributed by atoms with van der Waals surface area (Å²) in [6.07, 6.45) is 2.58. The molecule has 1 fully saturated rings. The zero-order chi connectivity index (χ0) is 9.42. The third-order valence-corrected chi connectivity index (χ3v) is 2.76. The van der Waals surface area contributed by atoms with Crippen LogP contribution in [-0.4, -0.2) is 15.2 Å². The second-order valence-corrected chi connectivity index (χ2v) is 4.67. The highest BCUT2D eigenvalue weighted by atomic mass is 32.1. The lowest BCUT2D eigenvalue weighted by Crippen LogP contribution is -1.92. The van der Waals surface area contributed by atoms with Crippen molar-refractivity contribution in [2.75, 3.05) is 0 Å². The summed E-state index contributed by atoms with van der Waals surface area (Å²) in [5.74, 6) is 3.30. The highest BCUT2D eigenvalue weighted by molar-refractivity contribution is 7.71. The molecule has 0 amide bonds. The Bertz CT molecular complexity index is 339. The van der Waals surface area contributed by atoms with E-state index < -0.39 is 0 Å². The average Bonchev–Trinajstić information content (AvgIpc) is 2.63. The minimum absolute atomic E-state index is 0.574. The number of hydrogen-bond donors (Lipinski definition) is 2. The first kappa shape index (κ1) is 8.94. The smallest absolute Gasteiger partial charge is 0.213 e. The molecule has 0 aliphatic heterocycles. The number of rotatable bonds is 3. The van der Waals surface area contributed by atoms with Gasteiger partial charge in [0.1, 0.15) is 5.82 Å². The lowest BCUT2D eigenvalue weighted by molar-refractivity contribution is 0.529. The fourth-order valence-corrected chi connectivity index (χ4v) is 2.06. The van der Waals surface area contributed by atoms with Gasteiger partial charge in [-0.25, -0.2) is 4.98 Å². The molecule has 13 heavy (non-hydrogen) atoms. The average molecular weight is 197 g/mol.